The van der Waals surface area contributed by atoms with Crippen LogP contribution in [0.5, 0.6) is 0 Å². The molecule has 2 fully saturated rings. The molecule has 2 saturated carbocycles. The zero-order valence-corrected chi connectivity index (χ0v) is 30.5. The molecule has 1 amide bonds. The van der Waals surface area contributed by atoms with Crippen LogP contribution in [0, 0.1) is 34.5 Å². The number of nitrogens with two attached hydrogens (primary N) is 1. The fourth-order valence-electron chi connectivity index (χ4n) is 9.10. The molecule has 2 aromatic carbocycles. The normalized spacial score (nSPS) is 31.4. The van der Waals surface area contributed by atoms with E-state index < -0.39 is 65.5 Å². The second kappa shape index (κ2) is 13.2. The number of fused-ring (bicyclic) bond motifs is 3. The Balaban J connectivity index is 1.43. The Morgan fingerprint density at radius 2 is 1.65 bits per heavy atom. The number of hydrogen-bond acceptors (Lipinski definition) is 10. The molecule has 4 N–H and O–H groups in total. The lowest BCUT2D eigenvalue weighted by Gasteiger charge is -2.49. The summed E-state index contributed by atoms with van der Waals surface area (Å²) in [6, 6.07) is 12.8. The lowest BCUT2D eigenvalue weighted by Crippen LogP contribution is -2.66. The van der Waals surface area contributed by atoms with Gasteiger partial charge < -0.3 is 30.4 Å². The maximum absolute atomic E-state index is 15.1. The zero-order chi connectivity index (χ0) is 37.9. The van der Waals surface area contributed by atoms with Crippen LogP contribution in [-0.2, 0) is 28.6 Å². The van der Waals surface area contributed by atoms with Crippen molar-refractivity contribution in [1.82, 2.24) is 0 Å². The summed E-state index contributed by atoms with van der Waals surface area (Å²) in [4.78, 5) is 68.2. The summed E-state index contributed by atoms with van der Waals surface area (Å²) in [6.45, 7) is 11.8. The Morgan fingerprint density at radius 3 is 2.31 bits per heavy atom. The molecule has 274 valence electrons. The largest absolute Gasteiger partial charge is 0.457 e. The number of anilines is 2. The first kappa shape index (κ1) is 36.8. The summed E-state index contributed by atoms with van der Waals surface area (Å²) in [5, 5.41) is 16.0. The number of benzene rings is 2. The highest BCUT2D eigenvalue weighted by Gasteiger charge is 2.77. The fraction of sp³-hybridized carbons (Fsp3) is 0.439. The van der Waals surface area contributed by atoms with Crippen molar-refractivity contribution < 1.29 is 43.3 Å². The van der Waals surface area contributed by atoms with Crippen molar-refractivity contribution in [3.8, 4) is 0 Å². The topological polar surface area (TPSA) is 171 Å². The molecular formula is C41H46N2O9. The van der Waals surface area contributed by atoms with Crippen LogP contribution in [0.2, 0.25) is 0 Å². The van der Waals surface area contributed by atoms with E-state index in [0.717, 1.165) is 0 Å². The van der Waals surface area contributed by atoms with Crippen LogP contribution in [0.1, 0.15) is 75.6 Å². The number of carbonyl (C=O) groups excluding carboxylic acids is 5. The quantitative estimate of drug-likeness (QED) is 0.103. The number of carbonyl (C=O) groups is 5. The Bertz CT molecular complexity index is 1960. The van der Waals surface area contributed by atoms with E-state index in [4.69, 9.17) is 19.9 Å². The average Bonchev–Trinajstić information content (AvgIpc) is 3.60. The number of allylic oxidation sites excluding steroid dienone is 2. The number of nitrogen functional groups attached to an aromatic ring is 1. The van der Waals surface area contributed by atoms with E-state index in [-0.39, 0.29) is 56.7 Å². The Hall–Kier alpha value is -5.03. The van der Waals surface area contributed by atoms with Gasteiger partial charge in [-0.05, 0) is 80.2 Å². The number of aliphatic hydroxyl groups is 1. The molecule has 8 atom stereocenters. The maximum Gasteiger partial charge on any atom is 0.340 e. The van der Waals surface area contributed by atoms with Crippen molar-refractivity contribution in [3.63, 3.8) is 0 Å². The SMILES string of the molecule is CC=C(C)C(=O)OC1C(COC(=O)c2ccccc2NC(=O)c2ccccc2N)=CC2C(=O)C3(C=C(C)C(OC(C)=O)C13O)C(C)CC1C2C1(C)C. The van der Waals surface area contributed by atoms with Gasteiger partial charge in [0, 0.05) is 29.7 Å². The highest BCUT2D eigenvalue weighted by atomic mass is 16.6. The van der Waals surface area contributed by atoms with Crippen molar-refractivity contribution in [2.24, 2.45) is 34.5 Å². The minimum absolute atomic E-state index is 0.0351. The predicted octanol–water partition coefficient (Wildman–Crippen LogP) is 5.60. The summed E-state index contributed by atoms with van der Waals surface area (Å²) >= 11 is 0. The number of amides is 1. The van der Waals surface area contributed by atoms with Crippen LogP contribution in [0.3, 0.4) is 0 Å². The molecule has 1 spiro atoms. The lowest BCUT2D eigenvalue weighted by atomic mass is 9.59. The number of esters is 3. The van der Waals surface area contributed by atoms with Gasteiger partial charge >= 0.3 is 17.9 Å². The van der Waals surface area contributed by atoms with Gasteiger partial charge in [-0.1, -0.05) is 63.3 Å². The molecule has 0 radical (unpaired) electrons. The van der Waals surface area contributed by atoms with Crippen molar-refractivity contribution >= 4 is 41.0 Å². The smallest absolute Gasteiger partial charge is 0.340 e. The van der Waals surface area contributed by atoms with Crippen LogP contribution in [-0.4, -0.2) is 59.1 Å². The van der Waals surface area contributed by atoms with Crippen molar-refractivity contribution in [2.45, 2.75) is 72.7 Å². The van der Waals surface area contributed by atoms with E-state index in [9.17, 15) is 24.3 Å². The van der Waals surface area contributed by atoms with Crippen molar-refractivity contribution in [1.29, 1.82) is 0 Å². The van der Waals surface area contributed by atoms with E-state index in [2.05, 4.69) is 19.2 Å². The summed E-state index contributed by atoms with van der Waals surface area (Å²) in [5.41, 5.74) is 3.51. The number of Topliss-reactive ketones (excluding diaryl/α,β-unsaturated/α-hetero) is 1. The molecule has 8 unspecified atom stereocenters. The first-order valence-corrected chi connectivity index (χ1v) is 17.6. The van der Waals surface area contributed by atoms with E-state index in [1.54, 1.807) is 81.5 Å². The Labute approximate surface area is 303 Å². The van der Waals surface area contributed by atoms with Gasteiger partial charge in [0.05, 0.1) is 22.2 Å². The van der Waals surface area contributed by atoms with Crippen LogP contribution in [0.25, 0.3) is 0 Å². The van der Waals surface area contributed by atoms with Crippen LogP contribution < -0.4 is 11.1 Å². The van der Waals surface area contributed by atoms with Gasteiger partial charge in [-0.2, -0.15) is 0 Å². The first-order valence-electron chi connectivity index (χ1n) is 17.6. The average molecular weight is 711 g/mol. The van der Waals surface area contributed by atoms with E-state index in [1.807, 2.05) is 6.92 Å². The first-order chi connectivity index (χ1) is 24.5. The molecule has 2 aromatic rings. The van der Waals surface area contributed by atoms with Gasteiger partial charge in [0.15, 0.2) is 23.6 Å². The van der Waals surface area contributed by atoms with Crippen LogP contribution in [0.4, 0.5) is 11.4 Å². The van der Waals surface area contributed by atoms with E-state index in [0.29, 0.717) is 12.0 Å². The highest BCUT2D eigenvalue weighted by molar-refractivity contribution is 6.10. The number of para-hydroxylation sites is 2. The number of ketones is 1. The Kier molecular flexibility index (Phi) is 9.32. The molecule has 2 bridgehead atoms. The third kappa shape index (κ3) is 5.66. The Morgan fingerprint density at radius 1 is 1.00 bits per heavy atom. The summed E-state index contributed by atoms with van der Waals surface area (Å²) < 4.78 is 17.9. The summed E-state index contributed by atoms with van der Waals surface area (Å²) in [6.07, 6.45) is 2.67. The van der Waals surface area contributed by atoms with Gasteiger partial charge in [0.2, 0.25) is 0 Å². The van der Waals surface area contributed by atoms with Gasteiger partial charge in [-0.15, -0.1) is 0 Å². The lowest BCUT2D eigenvalue weighted by molar-refractivity contribution is -0.210. The molecule has 11 nitrogen and oxygen atoms in total. The van der Waals surface area contributed by atoms with E-state index >= 15 is 4.79 Å². The van der Waals surface area contributed by atoms with E-state index in [1.165, 1.54) is 13.0 Å². The van der Waals surface area contributed by atoms with Gasteiger partial charge in [-0.3, -0.25) is 14.4 Å². The third-order valence-electron chi connectivity index (χ3n) is 11.9. The van der Waals surface area contributed by atoms with Gasteiger partial charge in [0.25, 0.3) is 5.91 Å². The molecular weight excluding hydrogens is 664 g/mol. The molecule has 52 heavy (non-hydrogen) atoms. The summed E-state index contributed by atoms with van der Waals surface area (Å²) in [7, 11) is 0. The molecule has 0 heterocycles. The number of nitrogens with one attached hydrogen (secondary N) is 1. The standard InChI is InChI=1S/C41H46N2O9/c1-8-21(2)37(47)52-35-25(20-50-38(48)27-14-10-12-16-31(27)43-36(46)26-13-9-11-15-30(26)42)18-28-32-29(39(32,6)7)17-23(4)40(33(28)45)19-22(3)34(41(35,40)49)51-24(5)44/h8-16,18-19,23,28-29,32,34-35,49H,17,20,42H2,1-7H3,(H,43,46). The molecule has 4 aliphatic carbocycles. The molecule has 0 aliphatic heterocycles. The molecule has 11 heteroatoms. The fourth-order valence-corrected chi connectivity index (χ4v) is 9.10. The van der Waals surface area contributed by atoms with Gasteiger partial charge in [-0.25, -0.2) is 9.59 Å². The monoisotopic (exact) mass is 710 g/mol. The second-order valence-corrected chi connectivity index (χ2v) is 15.2. The molecule has 0 saturated heterocycles. The van der Waals surface area contributed by atoms with Gasteiger partial charge in [0.1, 0.15) is 6.61 Å². The number of rotatable bonds is 8. The molecule has 0 aromatic heterocycles. The maximum atomic E-state index is 15.1. The van der Waals surface area contributed by atoms with Crippen molar-refractivity contribution in [3.05, 3.63) is 94.6 Å². The minimum atomic E-state index is -2.28. The predicted molar refractivity (Wildman–Crippen MR) is 193 cm³/mol. The van der Waals surface area contributed by atoms with Crippen LogP contribution in [0.15, 0.2) is 83.5 Å². The highest BCUT2D eigenvalue weighted by Crippen LogP contribution is 2.72. The second-order valence-electron chi connectivity index (χ2n) is 15.2. The molecule has 6 rings (SSSR count). The third-order valence-corrected chi connectivity index (χ3v) is 11.9. The molecule has 4 aliphatic rings. The summed E-state index contributed by atoms with van der Waals surface area (Å²) in [5.74, 6) is -4.15. The van der Waals surface area contributed by atoms with Crippen LogP contribution >= 0.6 is 0 Å². The van der Waals surface area contributed by atoms with Crippen molar-refractivity contribution in [2.75, 3.05) is 17.7 Å². The zero-order valence-electron chi connectivity index (χ0n) is 30.5. The number of hydrogen-bond donors (Lipinski definition) is 3. The minimum Gasteiger partial charge on any atom is -0.457 e. The number of ether oxygens (including phenoxy) is 3.